The predicted molar refractivity (Wildman–Crippen MR) is 149 cm³/mol. The first-order chi connectivity index (χ1) is 16.6. The maximum absolute atomic E-state index is 2.72. The van der Waals surface area contributed by atoms with Gasteiger partial charge >= 0.3 is 221 Å². The Balaban J connectivity index is 0.00000190. The zero-order valence-corrected chi connectivity index (χ0v) is 27.1. The first kappa shape index (κ1) is 30.0. The van der Waals surface area contributed by atoms with E-state index in [0.29, 0.717) is 11.8 Å². The van der Waals surface area contributed by atoms with E-state index >= 15 is 0 Å². The average molecular weight is 609 g/mol. The molecule has 0 N–H and O–H groups in total. The molecule has 0 amide bonds. The van der Waals surface area contributed by atoms with E-state index in [2.05, 4.69) is 125 Å². The second-order valence-electron chi connectivity index (χ2n) is 11.7. The third kappa shape index (κ3) is 5.76. The normalized spacial score (nSPS) is 16.2. The van der Waals surface area contributed by atoms with Crippen molar-refractivity contribution in [3.8, 4) is 11.1 Å². The number of allylic oxidation sites excluding steroid dienone is 4. The number of rotatable bonds is 4. The van der Waals surface area contributed by atoms with Crippen LogP contribution < -0.4 is 28.1 Å². The molecule has 3 aromatic carbocycles. The van der Waals surface area contributed by atoms with Crippen LogP contribution in [0.15, 0.2) is 87.2 Å². The van der Waals surface area contributed by atoms with Crippen molar-refractivity contribution >= 4 is 6.98 Å². The summed E-state index contributed by atoms with van der Waals surface area (Å²) in [6.07, 6.45) is 3.64. The molecular weight excluding hydrogens is 571 g/mol. The van der Waals surface area contributed by atoms with E-state index in [1.165, 1.54) is 27.8 Å². The number of hydrogen-bond acceptors (Lipinski definition) is 0. The molecule has 0 aromatic heterocycles. The first-order valence-corrected chi connectivity index (χ1v) is 17.0. The molecule has 3 heteroatoms. The van der Waals surface area contributed by atoms with Gasteiger partial charge in [-0.3, -0.25) is 0 Å². The monoisotopic (exact) mass is 606 g/mol. The molecule has 0 radical (unpaired) electrons. The molecule has 192 valence electrons. The Bertz CT molecular complexity index is 1380. The summed E-state index contributed by atoms with van der Waals surface area (Å²) in [5.41, 5.74) is 12.1. The summed E-state index contributed by atoms with van der Waals surface area (Å²) < 4.78 is 6.15. The Labute approximate surface area is 244 Å². The quantitative estimate of drug-likeness (QED) is 0.334. The van der Waals surface area contributed by atoms with Crippen LogP contribution in [-0.2, 0) is 33.1 Å². The van der Waals surface area contributed by atoms with Gasteiger partial charge in [-0.25, -0.2) is 0 Å². The van der Waals surface area contributed by atoms with Crippen LogP contribution in [0.3, 0.4) is 0 Å². The summed E-state index contributed by atoms with van der Waals surface area (Å²) in [7, 11) is 0. The van der Waals surface area contributed by atoms with Gasteiger partial charge in [0, 0.05) is 0 Å². The molecule has 0 nitrogen and oxygen atoms in total. The van der Waals surface area contributed by atoms with Gasteiger partial charge in [0.1, 0.15) is 0 Å². The summed E-state index contributed by atoms with van der Waals surface area (Å²) in [5.74, 6) is 1.11. The maximum atomic E-state index is 2.72. The Hall–Kier alpha value is -1.53. The van der Waals surface area contributed by atoms with Gasteiger partial charge < -0.3 is 24.8 Å². The molecule has 2 aliphatic rings. The van der Waals surface area contributed by atoms with Crippen molar-refractivity contribution in [2.75, 3.05) is 0 Å². The molecule has 0 spiro atoms. The fourth-order valence-corrected chi connectivity index (χ4v) is 13.6. The molecule has 0 bridgehead atoms. The molecular formula is C34H38Cl2Zr. The molecule has 5 rings (SSSR count). The van der Waals surface area contributed by atoms with Crippen molar-refractivity contribution in [2.45, 2.75) is 60.3 Å². The molecule has 0 aliphatic heterocycles. The Morgan fingerprint density at radius 2 is 1.51 bits per heavy atom. The number of benzene rings is 3. The zero-order chi connectivity index (χ0) is 24.9. The molecule has 0 heterocycles. The minimum absolute atomic E-state index is 0. The van der Waals surface area contributed by atoms with E-state index in [-0.39, 0.29) is 30.2 Å². The average Bonchev–Trinajstić information content (AvgIpc) is 3.34. The second-order valence-corrected chi connectivity index (χ2v) is 17.1. The van der Waals surface area contributed by atoms with Gasteiger partial charge in [0.15, 0.2) is 0 Å². The largest absolute Gasteiger partial charge is 1.00 e. The van der Waals surface area contributed by atoms with Gasteiger partial charge in [0.2, 0.25) is 0 Å². The van der Waals surface area contributed by atoms with E-state index in [4.69, 9.17) is 0 Å². The van der Waals surface area contributed by atoms with Gasteiger partial charge in [-0.05, 0) is 0 Å². The molecule has 1 atom stereocenters. The SMILES string of the molecule is CC1=[C](/[Zr+2](=[CH]/c2ccc(C(C)(C)C)cc2)[c]2cccc3c2Cc2ccccc2-3)C(C)C=C1C(C)C.[Cl-].[Cl-]. The van der Waals surface area contributed by atoms with Gasteiger partial charge in [-0.2, -0.15) is 0 Å². The minimum Gasteiger partial charge on any atom is -1.00 e. The smallest absolute Gasteiger partial charge is 1.00 e. The molecule has 3 aromatic rings. The van der Waals surface area contributed by atoms with E-state index in [1.807, 2.05) is 0 Å². The van der Waals surface area contributed by atoms with Gasteiger partial charge in [-0.1, -0.05) is 0 Å². The van der Waals surface area contributed by atoms with Crippen molar-refractivity contribution in [3.05, 3.63) is 109 Å². The van der Waals surface area contributed by atoms with Crippen molar-refractivity contribution in [1.29, 1.82) is 0 Å². The zero-order valence-electron chi connectivity index (χ0n) is 23.1. The van der Waals surface area contributed by atoms with Crippen LogP contribution in [0, 0.1) is 11.8 Å². The molecule has 0 fully saturated rings. The van der Waals surface area contributed by atoms with Crippen LogP contribution in [0.2, 0.25) is 0 Å². The topological polar surface area (TPSA) is 0 Å². The van der Waals surface area contributed by atoms with Crippen LogP contribution in [-0.4, -0.2) is 3.71 Å². The van der Waals surface area contributed by atoms with Crippen LogP contribution in [0.4, 0.5) is 0 Å². The second kappa shape index (κ2) is 11.7. The van der Waals surface area contributed by atoms with E-state index in [0.717, 1.165) is 6.42 Å². The summed E-state index contributed by atoms with van der Waals surface area (Å²) in [5, 5.41) is 0. The standard InChI is InChI=1S/C13H9.C11H14.C10H15.2ClH.Zr/c1-3-7-12-10(5-1)9-11-6-2-4-8-13(11)12;1-9-5-7-10(8-6-9)11(2,3)4;1-7(2)10-6-8(3)5-9(10)4;;;/h1-5,7-8H,9H2;1,5-8H,2-4H3;6-8H,1-4H3;2*1H;/q;;;;;+2/p-2. The molecule has 1 unspecified atom stereocenters. The summed E-state index contributed by atoms with van der Waals surface area (Å²) >= 11 is -2.37. The van der Waals surface area contributed by atoms with Crippen molar-refractivity contribution in [3.63, 3.8) is 0 Å². The molecule has 37 heavy (non-hydrogen) atoms. The van der Waals surface area contributed by atoms with Gasteiger partial charge in [0.05, 0.1) is 0 Å². The number of hydrogen-bond donors (Lipinski definition) is 0. The predicted octanol–water partition coefficient (Wildman–Crippen LogP) is 2.16. The summed E-state index contributed by atoms with van der Waals surface area (Å²) in [6, 6.07) is 25.6. The Morgan fingerprint density at radius 3 is 2.14 bits per heavy atom. The van der Waals surface area contributed by atoms with Crippen LogP contribution in [0.25, 0.3) is 11.1 Å². The summed E-state index contributed by atoms with van der Waals surface area (Å²) in [4.78, 5) is 0. The van der Waals surface area contributed by atoms with Crippen molar-refractivity contribution in [2.24, 2.45) is 11.8 Å². The van der Waals surface area contributed by atoms with E-state index < -0.39 is 21.3 Å². The Morgan fingerprint density at radius 1 is 0.865 bits per heavy atom. The van der Waals surface area contributed by atoms with E-state index in [9.17, 15) is 0 Å². The van der Waals surface area contributed by atoms with Crippen LogP contribution in [0.5, 0.6) is 0 Å². The Kier molecular flexibility index (Phi) is 9.49. The molecule has 0 saturated heterocycles. The number of fused-ring (bicyclic) bond motifs is 3. The van der Waals surface area contributed by atoms with Gasteiger partial charge in [-0.15, -0.1) is 0 Å². The maximum Gasteiger partial charge on any atom is -1.00 e. The van der Waals surface area contributed by atoms with Crippen LogP contribution >= 0.6 is 0 Å². The fourth-order valence-electron chi connectivity index (χ4n) is 6.00. The van der Waals surface area contributed by atoms with Crippen molar-refractivity contribution in [1.82, 2.24) is 0 Å². The first-order valence-electron chi connectivity index (χ1n) is 13.1. The molecule has 2 aliphatic carbocycles. The van der Waals surface area contributed by atoms with Gasteiger partial charge in [0.25, 0.3) is 0 Å². The molecule has 0 saturated carbocycles. The van der Waals surface area contributed by atoms with Crippen LogP contribution in [0.1, 0.15) is 70.7 Å². The number of halogens is 2. The minimum atomic E-state index is -2.37. The fraction of sp³-hybridized carbons (Fsp3) is 0.324. The third-order valence-electron chi connectivity index (χ3n) is 7.86. The summed E-state index contributed by atoms with van der Waals surface area (Å²) in [6.45, 7) is 16.4. The van der Waals surface area contributed by atoms with E-state index in [1.54, 1.807) is 23.3 Å². The van der Waals surface area contributed by atoms with Crippen molar-refractivity contribution < 1.29 is 46.1 Å². The third-order valence-corrected chi connectivity index (χ3v) is 15.4.